The molecule has 0 atom stereocenters. The fraction of sp³-hybridized carbons (Fsp3) is 0.273. The van der Waals surface area contributed by atoms with Crippen LogP contribution in [0.1, 0.15) is 69.9 Å². The molecule has 16 heteroatoms. The highest BCUT2D eigenvalue weighted by Gasteiger charge is 2.17. The van der Waals surface area contributed by atoms with E-state index < -0.39 is 23.8 Å². The van der Waals surface area contributed by atoms with Gasteiger partial charge in [0.1, 0.15) is 0 Å². The molecule has 14 nitrogen and oxygen atoms in total. The van der Waals surface area contributed by atoms with Crippen molar-refractivity contribution >= 4 is 58.7 Å². The Morgan fingerprint density at radius 2 is 1.08 bits per heavy atom. The van der Waals surface area contributed by atoms with E-state index in [1.165, 1.54) is 36.4 Å². The minimum absolute atomic E-state index is 0.0709. The maximum Gasteiger partial charge on any atom is 0.337 e. The van der Waals surface area contributed by atoms with Gasteiger partial charge in [-0.05, 0) is 54.7 Å². The molecule has 4 aromatic rings. The zero-order chi connectivity index (χ0) is 35.5. The van der Waals surface area contributed by atoms with Gasteiger partial charge in [0.2, 0.25) is 11.8 Å². The van der Waals surface area contributed by atoms with Gasteiger partial charge in [-0.1, -0.05) is 62.3 Å². The minimum Gasteiger partial charge on any atom is -0.478 e. The molecule has 2 aromatic heterocycles. The number of amides is 2. The molecule has 4 rings (SSSR count). The van der Waals surface area contributed by atoms with Gasteiger partial charge in [-0.3, -0.25) is 19.2 Å². The molecule has 256 valence electrons. The summed E-state index contributed by atoms with van der Waals surface area (Å²) in [6.45, 7) is 3.92. The summed E-state index contributed by atoms with van der Waals surface area (Å²) in [5.74, 6) is -3.80. The second-order valence-corrected chi connectivity index (χ2v) is 12.7. The van der Waals surface area contributed by atoms with Gasteiger partial charge >= 0.3 is 11.9 Å². The number of thioether (sulfide) groups is 2. The molecule has 6 N–H and O–H groups in total. The number of hydrogen-bond donors (Lipinski definition) is 6. The van der Waals surface area contributed by atoms with Gasteiger partial charge in [-0.15, -0.1) is 0 Å². The number of benzene rings is 2. The van der Waals surface area contributed by atoms with Crippen molar-refractivity contribution in [1.82, 2.24) is 19.9 Å². The number of nitrogens with one attached hydrogen (secondary N) is 4. The highest BCUT2D eigenvalue weighted by Crippen LogP contribution is 2.24. The molecule has 2 amide bonds. The second kappa shape index (κ2) is 17.3. The topological polar surface area (TPSA) is 224 Å². The predicted molar refractivity (Wildman–Crippen MR) is 186 cm³/mol. The maximum absolute atomic E-state index is 12.7. The fourth-order valence-corrected chi connectivity index (χ4v) is 6.11. The van der Waals surface area contributed by atoms with Crippen LogP contribution in [0.3, 0.4) is 0 Å². The molecule has 0 aliphatic heterocycles. The zero-order valence-electron chi connectivity index (χ0n) is 26.6. The van der Waals surface area contributed by atoms with E-state index in [-0.39, 0.29) is 61.9 Å². The zero-order valence-corrected chi connectivity index (χ0v) is 28.3. The van der Waals surface area contributed by atoms with Crippen molar-refractivity contribution in [3.8, 4) is 0 Å². The van der Waals surface area contributed by atoms with Crippen molar-refractivity contribution in [1.29, 1.82) is 0 Å². The fourth-order valence-electron chi connectivity index (χ4n) is 4.72. The SMILES string of the molecule is CCCc1cc(=O)[nH]c(SCC(=O)Nc2ccc(Cc3ccc(NC(=O)CSc4nc(CCC)cc(=O)[nH]4)c(C(=O)O)c3)cc2C(=O)O)n1. The molecular weight excluding hydrogens is 673 g/mol. The Labute approximate surface area is 288 Å². The molecule has 0 bridgehead atoms. The average molecular weight is 707 g/mol. The number of carboxylic acids is 2. The lowest BCUT2D eigenvalue weighted by Crippen LogP contribution is -2.18. The third kappa shape index (κ3) is 10.9. The molecular formula is C33H34N6O8S2. The summed E-state index contributed by atoms with van der Waals surface area (Å²) in [5, 5.41) is 25.4. The summed E-state index contributed by atoms with van der Waals surface area (Å²) >= 11 is 2.03. The Morgan fingerprint density at radius 3 is 1.45 bits per heavy atom. The number of rotatable bonds is 16. The van der Waals surface area contributed by atoms with Crippen LogP contribution < -0.4 is 21.8 Å². The van der Waals surface area contributed by atoms with Crippen molar-refractivity contribution in [2.45, 2.75) is 56.3 Å². The predicted octanol–water partition coefficient (Wildman–Crippen LogP) is 4.21. The first kappa shape index (κ1) is 36.6. The van der Waals surface area contributed by atoms with Crippen LogP contribution >= 0.6 is 23.5 Å². The number of aromatic nitrogens is 4. The van der Waals surface area contributed by atoms with Gasteiger partial charge in [0.15, 0.2) is 10.3 Å². The van der Waals surface area contributed by atoms with Gasteiger partial charge < -0.3 is 30.8 Å². The van der Waals surface area contributed by atoms with Crippen molar-refractivity contribution in [2.75, 3.05) is 22.1 Å². The molecule has 2 heterocycles. The van der Waals surface area contributed by atoms with Gasteiger partial charge in [-0.2, -0.15) is 0 Å². The Morgan fingerprint density at radius 1 is 0.673 bits per heavy atom. The normalized spacial score (nSPS) is 10.8. The molecule has 0 fully saturated rings. The van der Waals surface area contributed by atoms with Crippen LogP contribution in [0.25, 0.3) is 0 Å². The number of hydrogen-bond acceptors (Lipinski definition) is 10. The van der Waals surface area contributed by atoms with Gasteiger partial charge in [-0.25, -0.2) is 19.6 Å². The van der Waals surface area contributed by atoms with E-state index in [9.17, 15) is 39.0 Å². The molecule has 0 saturated carbocycles. The van der Waals surface area contributed by atoms with Crippen molar-refractivity contribution in [3.63, 3.8) is 0 Å². The van der Waals surface area contributed by atoms with Crippen LogP contribution in [-0.4, -0.2) is 65.4 Å². The molecule has 0 radical (unpaired) electrons. The first-order valence-corrected chi connectivity index (χ1v) is 17.2. The summed E-state index contributed by atoms with van der Waals surface area (Å²) in [6.07, 6.45) is 3.01. The van der Waals surface area contributed by atoms with E-state index >= 15 is 0 Å². The van der Waals surface area contributed by atoms with Gasteiger partial charge in [0.25, 0.3) is 11.1 Å². The van der Waals surface area contributed by atoms with E-state index in [1.807, 2.05) is 13.8 Å². The third-order valence-corrected chi connectivity index (χ3v) is 8.57. The molecule has 49 heavy (non-hydrogen) atoms. The molecule has 0 spiro atoms. The number of carbonyl (C=O) groups excluding carboxylic acids is 2. The summed E-state index contributed by atoms with van der Waals surface area (Å²) in [7, 11) is 0. The second-order valence-electron chi connectivity index (χ2n) is 10.8. The molecule has 0 aliphatic rings. The van der Waals surface area contributed by atoms with E-state index in [0.717, 1.165) is 36.4 Å². The number of H-pyrrole nitrogens is 2. The van der Waals surface area contributed by atoms with Crippen LogP contribution in [0, 0.1) is 0 Å². The number of aromatic carboxylic acids is 2. The average Bonchev–Trinajstić information content (AvgIpc) is 3.04. The number of aromatic amines is 2. The highest BCUT2D eigenvalue weighted by atomic mass is 32.2. The molecule has 0 unspecified atom stereocenters. The van der Waals surface area contributed by atoms with Gasteiger partial charge in [0, 0.05) is 23.5 Å². The smallest absolute Gasteiger partial charge is 0.337 e. The highest BCUT2D eigenvalue weighted by molar-refractivity contribution is 8.00. The number of anilines is 2. The standard InChI is InChI=1S/C33H34N6O8S2/c1-3-5-20-14-26(40)38-32(34-20)48-16-28(42)36-24-9-7-18(12-22(24)30(44)45)11-19-8-10-25(23(13-19)31(46)47)37-29(43)17-49-33-35-21(6-4-2)15-27(41)39-33/h7-10,12-15H,3-6,11,16-17H2,1-2H3,(H,36,42)(H,37,43)(H,44,45)(H,46,47)(H,34,38,40)(H,35,39,41). The largest absolute Gasteiger partial charge is 0.478 e. The van der Waals surface area contributed by atoms with E-state index in [1.54, 1.807) is 12.1 Å². The summed E-state index contributed by atoms with van der Waals surface area (Å²) < 4.78 is 0. The number of aryl methyl sites for hydroxylation is 2. The molecule has 0 aliphatic carbocycles. The lowest BCUT2D eigenvalue weighted by atomic mass is 9.99. The lowest BCUT2D eigenvalue weighted by molar-refractivity contribution is -0.114. The number of carboxylic acid groups (broad SMARTS) is 2. The maximum atomic E-state index is 12.7. The minimum atomic E-state index is -1.28. The lowest BCUT2D eigenvalue weighted by Gasteiger charge is -2.13. The third-order valence-electron chi connectivity index (χ3n) is 6.82. The molecule has 0 saturated heterocycles. The first-order valence-electron chi connectivity index (χ1n) is 15.2. The van der Waals surface area contributed by atoms with Crippen LogP contribution in [0.5, 0.6) is 0 Å². The van der Waals surface area contributed by atoms with E-state index in [0.29, 0.717) is 35.4 Å². The first-order chi connectivity index (χ1) is 23.4. The van der Waals surface area contributed by atoms with Crippen LogP contribution in [0.15, 0.2) is 68.4 Å². The van der Waals surface area contributed by atoms with Crippen molar-refractivity contribution in [2.24, 2.45) is 0 Å². The Bertz CT molecular complexity index is 1850. The number of nitrogens with zero attached hydrogens (tertiary/aromatic N) is 2. The van der Waals surface area contributed by atoms with Crippen LogP contribution in [-0.2, 0) is 28.9 Å². The Balaban J connectivity index is 1.41. The van der Waals surface area contributed by atoms with Crippen LogP contribution in [0.4, 0.5) is 11.4 Å². The van der Waals surface area contributed by atoms with E-state index in [4.69, 9.17) is 0 Å². The van der Waals surface area contributed by atoms with Crippen LogP contribution in [0.2, 0.25) is 0 Å². The van der Waals surface area contributed by atoms with Gasteiger partial charge in [0.05, 0.1) is 34.0 Å². The van der Waals surface area contributed by atoms with Crippen molar-refractivity contribution < 1.29 is 29.4 Å². The summed E-state index contributed by atoms with van der Waals surface area (Å²) in [5.41, 5.74) is 1.47. The summed E-state index contributed by atoms with van der Waals surface area (Å²) in [6, 6.07) is 11.7. The van der Waals surface area contributed by atoms with Crippen molar-refractivity contribution in [3.05, 3.63) is 103 Å². The summed E-state index contributed by atoms with van der Waals surface area (Å²) in [4.78, 5) is 87.0. The Kier molecular flexibility index (Phi) is 12.9. The quantitative estimate of drug-likeness (QED) is 0.0712. The number of carbonyl (C=O) groups is 4. The molecule has 2 aromatic carbocycles. The Hall–Kier alpha value is -5.22. The monoisotopic (exact) mass is 706 g/mol. The van der Waals surface area contributed by atoms with E-state index in [2.05, 4.69) is 30.6 Å².